The summed E-state index contributed by atoms with van der Waals surface area (Å²) in [7, 11) is 2.05. The molecule has 19 heavy (non-hydrogen) atoms. The average Bonchev–Trinajstić information content (AvgIpc) is 2.36. The van der Waals surface area contributed by atoms with Crippen molar-refractivity contribution in [1.82, 2.24) is 10.2 Å². The van der Waals surface area contributed by atoms with Crippen LogP contribution in [0, 0.1) is 11.7 Å². The molecule has 0 fully saturated rings. The highest BCUT2D eigenvalue weighted by Crippen LogP contribution is 2.09. The van der Waals surface area contributed by atoms with Crippen LogP contribution in [0.1, 0.15) is 32.3 Å². The molecule has 0 aliphatic rings. The second-order valence-electron chi connectivity index (χ2n) is 5.63. The van der Waals surface area contributed by atoms with E-state index >= 15 is 0 Å². The van der Waals surface area contributed by atoms with Crippen LogP contribution in [0.5, 0.6) is 0 Å². The van der Waals surface area contributed by atoms with Crippen molar-refractivity contribution in [2.45, 2.75) is 33.2 Å². The minimum Gasteiger partial charge on any atom is -0.316 e. The van der Waals surface area contributed by atoms with E-state index < -0.39 is 0 Å². The van der Waals surface area contributed by atoms with Crippen molar-refractivity contribution in [2.24, 2.45) is 5.92 Å². The minimum absolute atomic E-state index is 0.104. The number of nitrogens with one attached hydrogen (secondary N) is 1. The third kappa shape index (κ3) is 7.28. The summed E-state index contributed by atoms with van der Waals surface area (Å²) in [6, 6.07) is 7.01. The van der Waals surface area contributed by atoms with Crippen molar-refractivity contribution < 1.29 is 4.39 Å². The summed E-state index contributed by atoms with van der Waals surface area (Å²) in [4.78, 5) is 2.18. The SMILES string of the molecule is CC(C)CNCCCCN(C)Cc1ccccc1F. The Balaban J connectivity index is 2.11. The monoisotopic (exact) mass is 266 g/mol. The molecule has 0 aliphatic heterocycles. The van der Waals surface area contributed by atoms with Crippen LogP contribution in [0.2, 0.25) is 0 Å². The lowest BCUT2D eigenvalue weighted by atomic mass is 10.2. The lowest BCUT2D eigenvalue weighted by Gasteiger charge is -2.17. The zero-order chi connectivity index (χ0) is 14.1. The molecule has 1 rings (SSSR count). The summed E-state index contributed by atoms with van der Waals surface area (Å²) in [5.41, 5.74) is 0.780. The Kier molecular flexibility index (Phi) is 7.68. The van der Waals surface area contributed by atoms with Gasteiger partial charge in [-0.25, -0.2) is 4.39 Å². The van der Waals surface area contributed by atoms with Gasteiger partial charge in [-0.2, -0.15) is 0 Å². The summed E-state index contributed by atoms with van der Waals surface area (Å²) < 4.78 is 13.5. The van der Waals surface area contributed by atoms with E-state index in [4.69, 9.17) is 0 Å². The molecule has 1 aromatic rings. The van der Waals surface area contributed by atoms with Crippen molar-refractivity contribution >= 4 is 0 Å². The fourth-order valence-corrected chi connectivity index (χ4v) is 2.02. The number of benzene rings is 1. The van der Waals surface area contributed by atoms with Crippen LogP contribution < -0.4 is 5.32 Å². The lowest BCUT2D eigenvalue weighted by molar-refractivity contribution is 0.312. The van der Waals surface area contributed by atoms with E-state index in [0.29, 0.717) is 12.5 Å². The van der Waals surface area contributed by atoms with Crippen LogP contribution >= 0.6 is 0 Å². The van der Waals surface area contributed by atoms with Gasteiger partial charge in [0.05, 0.1) is 0 Å². The molecule has 0 unspecified atom stereocenters. The molecule has 0 heterocycles. The molecule has 0 amide bonds. The van der Waals surface area contributed by atoms with Crippen LogP contribution in [0.25, 0.3) is 0 Å². The standard InChI is InChI=1S/C16H27FN2/c1-14(2)12-18-10-6-7-11-19(3)13-15-8-4-5-9-16(15)17/h4-5,8-9,14,18H,6-7,10-13H2,1-3H3. The van der Waals surface area contributed by atoms with E-state index in [1.54, 1.807) is 6.07 Å². The molecular formula is C16H27FN2. The summed E-state index contributed by atoms with van der Waals surface area (Å²) in [5, 5.41) is 3.44. The Morgan fingerprint density at radius 1 is 1.21 bits per heavy atom. The molecule has 3 heteroatoms. The second-order valence-corrected chi connectivity index (χ2v) is 5.63. The van der Waals surface area contributed by atoms with Gasteiger partial charge in [-0.3, -0.25) is 0 Å². The van der Waals surface area contributed by atoms with E-state index in [1.165, 1.54) is 12.5 Å². The van der Waals surface area contributed by atoms with Gasteiger partial charge in [0.2, 0.25) is 0 Å². The molecule has 0 aliphatic carbocycles. The highest BCUT2D eigenvalue weighted by atomic mass is 19.1. The molecule has 1 N–H and O–H groups in total. The molecule has 0 atom stereocenters. The first kappa shape index (κ1) is 16.1. The number of unbranched alkanes of at least 4 members (excludes halogenated alkanes) is 1. The van der Waals surface area contributed by atoms with E-state index in [0.717, 1.165) is 31.6 Å². The number of halogens is 1. The van der Waals surface area contributed by atoms with Crippen LogP contribution in [-0.2, 0) is 6.54 Å². The predicted octanol–water partition coefficient (Wildman–Crippen LogP) is 3.28. The summed E-state index contributed by atoms with van der Waals surface area (Å²) in [6.45, 7) is 8.30. The zero-order valence-electron chi connectivity index (χ0n) is 12.5. The normalized spacial score (nSPS) is 11.5. The van der Waals surface area contributed by atoms with Crippen molar-refractivity contribution in [1.29, 1.82) is 0 Å². The number of hydrogen-bond donors (Lipinski definition) is 1. The zero-order valence-corrected chi connectivity index (χ0v) is 12.5. The Morgan fingerprint density at radius 2 is 1.95 bits per heavy atom. The van der Waals surface area contributed by atoms with Gasteiger partial charge in [-0.15, -0.1) is 0 Å². The Bertz CT molecular complexity index is 352. The molecule has 0 spiro atoms. The second kappa shape index (κ2) is 9.05. The first-order valence-corrected chi connectivity index (χ1v) is 7.22. The van der Waals surface area contributed by atoms with Gasteiger partial charge in [-0.05, 0) is 51.5 Å². The molecule has 0 aromatic heterocycles. The molecule has 0 bridgehead atoms. The highest BCUT2D eigenvalue weighted by molar-refractivity contribution is 5.16. The summed E-state index contributed by atoms with van der Waals surface area (Å²) in [5.74, 6) is 0.608. The molecule has 0 saturated heterocycles. The quantitative estimate of drug-likeness (QED) is 0.690. The maximum absolute atomic E-state index is 13.5. The van der Waals surface area contributed by atoms with Gasteiger partial charge in [0.1, 0.15) is 5.82 Å². The third-order valence-corrected chi connectivity index (χ3v) is 3.09. The molecule has 0 radical (unpaired) electrons. The minimum atomic E-state index is -0.104. The highest BCUT2D eigenvalue weighted by Gasteiger charge is 2.04. The van der Waals surface area contributed by atoms with Gasteiger partial charge < -0.3 is 10.2 Å². The topological polar surface area (TPSA) is 15.3 Å². The maximum Gasteiger partial charge on any atom is 0.127 e. The number of nitrogens with zero attached hydrogens (tertiary/aromatic N) is 1. The Hall–Kier alpha value is -0.930. The van der Waals surface area contributed by atoms with Crippen molar-refractivity contribution in [2.75, 3.05) is 26.7 Å². The maximum atomic E-state index is 13.5. The van der Waals surface area contributed by atoms with Crippen LogP contribution in [0.3, 0.4) is 0 Å². The molecular weight excluding hydrogens is 239 g/mol. The van der Waals surface area contributed by atoms with Crippen molar-refractivity contribution in [3.63, 3.8) is 0 Å². The number of hydrogen-bond acceptors (Lipinski definition) is 2. The fourth-order valence-electron chi connectivity index (χ4n) is 2.02. The summed E-state index contributed by atoms with van der Waals surface area (Å²) >= 11 is 0. The van der Waals surface area contributed by atoms with Gasteiger partial charge in [0, 0.05) is 12.1 Å². The smallest absolute Gasteiger partial charge is 0.127 e. The van der Waals surface area contributed by atoms with Gasteiger partial charge in [0.25, 0.3) is 0 Å². The third-order valence-electron chi connectivity index (χ3n) is 3.09. The van der Waals surface area contributed by atoms with Crippen molar-refractivity contribution in [3.8, 4) is 0 Å². The van der Waals surface area contributed by atoms with E-state index in [1.807, 2.05) is 19.2 Å². The largest absolute Gasteiger partial charge is 0.316 e. The van der Waals surface area contributed by atoms with Crippen LogP contribution in [-0.4, -0.2) is 31.6 Å². The first-order valence-electron chi connectivity index (χ1n) is 7.22. The molecule has 2 nitrogen and oxygen atoms in total. The molecule has 0 saturated carbocycles. The molecule has 1 aromatic carbocycles. The average molecular weight is 266 g/mol. The van der Waals surface area contributed by atoms with E-state index in [9.17, 15) is 4.39 Å². The van der Waals surface area contributed by atoms with Crippen LogP contribution in [0.4, 0.5) is 4.39 Å². The van der Waals surface area contributed by atoms with E-state index in [2.05, 4.69) is 24.1 Å². The van der Waals surface area contributed by atoms with Crippen molar-refractivity contribution in [3.05, 3.63) is 35.6 Å². The van der Waals surface area contributed by atoms with Crippen LogP contribution in [0.15, 0.2) is 24.3 Å². The Labute approximate surface area is 117 Å². The Morgan fingerprint density at radius 3 is 2.63 bits per heavy atom. The van der Waals surface area contributed by atoms with Gasteiger partial charge in [0.15, 0.2) is 0 Å². The molecule has 108 valence electrons. The van der Waals surface area contributed by atoms with Gasteiger partial charge >= 0.3 is 0 Å². The van der Waals surface area contributed by atoms with Gasteiger partial charge in [-0.1, -0.05) is 32.0 Å². The predicted molar refractivity (Wildman–Crippen MR) is 79.7 cm³/mol. The fraction of sp³-hybridized carbons (Fsp3) is 0.625. The summed E-state index contributed by atoms with van der Waals surface area (Å²) in [6.07, 6.45) is 2.32. The number of rotatable bonds is 9. The first-order chi connectivity index (χ1) is 9.09. The lowest BCUT2D eigenvalue weighted by Crippen LogP contribution is -2.23. The van der Waals surface area contributed by atoms with E-state index in [-0.39, 0.29) is 5.82 Å².